The fourth-order valence-electron chi connectivity index (χ4n) is 1.46. The van der Waals surface area contributed by atoms with E-state index in [-0.39, 0.29) is 12.0 Å². The number of benzene rings is 1. The molecule has 0 bridgehead atoms. The second-order valence-corrected chi connectivity index (χ2v) is 3.58. The van der Waals surface area contributed by atoms with E-state index in [9.17, 15) is 13.6 Å². The Morgan fingerprint density at radius 3 is 2.82 bits per heavy atom. The number of ketones is 1. The smallest absolute Gasteiger partial charge is 0.171 e. The number of rotatable bonds is 3. The number of hydrogen-bond acceptors (Lipinski definition) is 3. The normalized spacial score (nSPS) is 10.5. The quantitative estimate of drug-likeness (QED) is 0.760. The van der Waals surface area contributed by atoms with Crippen molar-refractivity contribution < 1.29 is 13.6 Å². The Kier molecular flexibility index (Phi) is 2.95. The molecule has 1 heterocycles. The third kappa shape index (κ3) is 2.35. The zero-order chi connectivity index (χ0) is 12.4. The maximum Gasteiger partial charge on any atom is 0.171 e. The van der Waals surface area contributed by atoms with Gasteiger partial charge < -0.3 is 0 Å². The Hall–Kier alpha value is -2.11. The van der Waals surface area contributed by atoms with Gasteiger partial charge in [-0.25, -0.2) is 8.78 Å². The molecule has 0 N–H and O–H groups in total. The van der Waals surface area contributed by atoms with Gasteiger partial charge in [0.2, 0.25) is 0 Å². The number of nitrogens with zero attached hydrogens (tertiary/aromatic N) is 3. The van der Waals surface area contributed by atoms with Crippen LogP contribution in [0.25, 0.3) is 0 Å². The molecule has 1 aromatic heterocycles. The Morgan fingerprint density at radius 2 is 2.18 bits per heavy atom. The van der Waals surface area contributed by atoms with Crippen LogP contribution in [0.3, 0.4) is 0 Å². The summed E-state index contributed by atoms with van der Waals surface area (Å²) in [7, 11) is 1.66. The van der Waals surface area contributed by atoms with Crippen molar-refractivity contribution in [2.75, 3.05) is 0 Å². The van der Waals surface area contributed by atoms with Gasteiger partial charge in [0.15, 0.2) is 17.4 Å². The summed E-state index contributed by atoms with van der Waals surface area (Å²) in [6.07, 6.45) is 1.45. The molecule has 17 heavy (non-hydrogen) atoms. The predicted molar refractivity (Wildman–Crippen MR) is 55.4 cm³/mol. The number of hydrogen-bond donors (Lipinski definition) is 0. The van der Waals surface area contributed by atoms with Crippen LogP contribution in [-0.2, 0) is 13.5 Å². The third-order valence-electron chi connectivity index (χ3n) is 2.24. The first kappa shape index (κ1) is 11.4. The predicted octanol–water partition coefficient (Wildman–Crippen LogP) is 1.52. The lowest BCUT2D eigenvalue weighted by Crippen LogP contribution is -2.07. The fraction of sp³-hybridized carbons (Fsp3) is 0.182. The number of aromatic nitrogens is 3. The minimum Gasteiger partial charge on any atom is -0.294 e. The van der Waals surface area contributed by atoms with Crippen LogP contribution in [0.15, 0.2) is 24.4 Å². The van der Waals surface area contributed by atoms with Gasteiger partial charge in [0.05, 0.1) is 17.7 Å². The minimum atomic E-state index is -1.12. The van der Waals surface area contributed by atoms with E-state index >= 15 is 0 Å². The van der Waals surface area contributed by atoms with E-state index in [1.165, 1.54) is 16.8 Å². The van der Waals surface area contributed by atoms with Crippen LogP contribution in [-0.4, -0.2) is 20.8 Å². The molecule has 0 atom stereocenters. The molecule has 0 radical (unpaired) electrons. The average molecular weight is 237 g/mol. The SMILES string of the molecule is Cn1cc(CC(=O)c2cccc(F)c2F)nn1. The first-order valence-corrected chi connectivity index (χ1v) is 4.90. The highest BCUT2D eigenvalue weighted by molar-refractivity contribution is 5.97. The fourth-order valence-corrected chi connectivity index (χ4v) is 1.46. The lowest BCUT2D eigenvalue weighted by Gasteiger charge is -2.01. The molecule has 0 aliphatic carbocycles. The van der Waals surface area contributed by atoms with Crippen molar-refractivity contribution in [2.45, 2.75) is 6.42 Å². The second-order valence-electron chi connectivity index (χ2n) is 3.58. The van der Waals surface area contributed by atoms with Crippen molar-refractivity contribution in [1.29, 1.82) is 0 Å². The van der Waals surface area contributed by atoms with Gasteiger partial charge in [-0.3, -0.25) is 9.48 Å². The van der Waals surface area contributed by atoms with Crippen LogP contribution in [0.4, 0.5) is 8.78 Å². The number of aryl methyl sites for hydroxylation is 1. The summed E-state index contributed by atoms with van der Waals surface area (Å²) in [4.78, 5) is 11.7. The van der Waals surface area contributed by atoms with Gasteiger partial charge in [-0.05, 0) is 12.1 Å². The molecule has 0 saturated carbocycles. The van der Waals surface area contributed by atoms with Crippen LogP contribution < -0.4 is 0 Å². The zero-order valence-corrected chi connectivity index (χ0v) is 9.02. The third-order valence-corrected chi connectivity index (χ3v) is 2.24. The lowest BCUT2D eigenvalue weighted by molar-refractivity contribution is 0.0987. The lowest BCUT2D eigenvalue weighted by atomic mass is 10.1. The first-order valence-electron chi connectivity index (χ1n) is 4.90. The maximum absolute atomic E-state index is 13.3. The van der Waals surface area contributed by atoms with Gasteiger partial charge in [-0.15, -0.1) is 5.10 Å². The molecule has 0 amide bonds. The van der Waals surface area contributed by atoms with Crippen LogP contribution in [0, 0.1) is 11.6 Å². The molecule has 1 aromatic carbocycles. The molecule has 2 aromatic rings. The number of carbonyl (C=O) groups excluding carboxylic acids is 1. The summed E-state index contributed by atoms with van der Waals surface area (Å²) in [6.45, 7) is 0. The minimum absolute atomic E-state index is 0.103. The highest BCUT2D eigenvalue weighted by Crippen LogP contribution is 2.13. The van der Waals surface area contributed by atoms with E-state index in [2.05, 4.69) is 10.3 Å². The number of Topliss-reactive ketones (excluding diaryl/α,β-unsaturated/α-hetero) is 1. The number of halogens is 2. The van der Waals surface area contributed by atoms with E-state index < -0.39 is 17.4 Å². The molecule has 0 unspecified atom stereocenters. The van der Waals surface area contributed by atoms with Crippen molar-refractivity contribution in [2.24, 2.45) is 7.05 Å². The highest BCUT2D eigenvalue weighted by atomic mass is 19.2. The Balaban J connectivity index is 2.23. The molecule has 0 spiro atoms. The maximum atomic E-state index is 13.3. The standard InChI is InChI=1S/C11H9F2N3O/c1-16-6-7(14-15-16)5-10(17)8-3-2-4-9(12)11(8)13/h2-4,6H,5H2,1H3. The van der Waals surface area contributed by atoms with Gasteiger partial charge in [0, 0.05) is 13.2 Å². The van der Waals surface area contributed by atoms with Crippen LogP contribution >= 0.6 is 0 Å². The van der Waals surface area contributed by atoms with E-state index in [0.29, 0.717) is 5.69 Å². The summed E-state index contributed by atoms with van der Waals surface area (Å²) in [5.74, 6) is -2.68. The summed E-state index contributed by atoms with van der Waals surface area (Å²) < 4.78 is 27.7. The zero-order valence-electron chi connectivity index (χ0n) is 9.02. The highest BCUT2D eigenvalue weighted by Gasteiger charge is 2.16. The van der Waals surface area contributed by atoms with E-state index in [1.807, 2.05) is 0 Å². The van der Waals surface area contributed by atoms with Crippen molar-refractivity contribution in [1.82, 2.24) is 15.0 Å². The van der Waals surface area contributed by atoms with Gasteiger partial charge in [0.1, 0.15) is 0 Å². The molecule has 0 fully saturated rings. The van der Waals surface area contributed by atoms with Crippen LogP contribution in [0.5, 0.6) is 0 Å². The Morgan fingerprint density at radius 1 is 1.41 bits per heavy atom. The molecular formula is C11H9F2N3O. The first-order chi connectivity index (χ1) is 8.08. The molecule has 88 valence electrons. The van der Waals surface area contributed by atoms with Gasteiger partial charge in [-0.1, -0.05) is 11.3 Å². The molecular weight excluding hydrogens is 228 g/mol. The summed E-state index contributed by atoms with van der Waals surface area (Å²) in [5, 5.41) is 7.36. The summed E-state index contributed by atoms with van der Waals surface area (Å²) in [5.41, 5.74) is 0.150. The molecule has 0 saturated heterocycles. The summed E-state index contributed by atoms with van der Waals surface area (Å²) in [6, 6.07) is 3.51. The van der Waals surface area contributed by atoms with Crippen molar-refractivity contribution in [3.05, 3.63) is 47.3 Å². The van der Waals surface area contributed by atoms with Crippen LogP contribution in [0.2, 0.25) is 0 Å². The average Bonchev–Trinajstić information content (AvgIpc) is 2.68. The second kappa shape index (κ2) is 4.40. The molecule has 6 heteroatoms. The van der Waals surface area contributed by atoms with E-state index in [4.69, 9.17) is 0 Å². The van der Waals surface area contributed by atoms with Crippen LogP contribution in [0.1, 0.15) is 16.1 Å². The monoisotopic (exact) mass is 237 g/mol. The van der Waals surface area contributed by atoms with Gasteiger partial charge in [0.25, 0.3) is 0 Å². The molecule has 0 aliphatic heterocycles. The molecule has 0 aliphatic rings. The van der Waals surface area contributed by atoms with E-state index in [0.717, 1.165) is 6.07 Å². The largest absolute Gasteiger partial charge is 0.294 e. The van der Waals surface area contributed by atoms with Crippen molar-refractivity contribution >= 4 is 5.78 Å². The van der Waals surface area contributed by atoms with Crippen molar-refractivity contribution in [3.8, 4) is 0 Å². The number of carbonyl (C=O) groups is 1. The van der Waals surface area contributed by atoms with E-state index in [1.54, 1.807) is 13.2 Å². The Labute approximate surface area is 95.9 Å². The van der Waals surface area contributed by atoms with Gasteiger partial charge >= 0.3 is 0 Å². The topological polar surface area (TPSA) is 47.8 Å². The summed E-state index contributed by atoms with van der Waals surface area (Å²) >= 11 is 0. The van der Waals surface area contributed by atoms with Crippen molar-refractivity contribution in [3.63, 3.8) is 0 Å². The Bertz CT molecular complexity index is 566. The van der Waals surface area contributed by atoms with Gasteiger partial charge in [-0.2, -0.15) is 0 Å². The molecule has 2 rings (SSSR count). The molecule has 4 nitrogen and oxygen atoms in total.